The molecule has 1 spiro atoms. The highest BCUT2D eigenvalue weighted by Gasteiger charge is 2.52. The van der Waals surface area contributed by atoms with Crippen molar-refractivity contribution < 1.29 is 19.1 Å². The lowest BCUT2D eigenvalue weighted by atomic mass is 9.86. The first-order valence-electron chi connectivity index (χ1n) is 6.33. The second-order valence-corrected chi connectivity index (χ2v) is 6.34. The summed E-state index contributed by atoms with van der Waals surface area (Å²) in [6.45, 7) is 8.68. The van der Waals surface area contributed by atoms with Gasteiger partial charge in [0.2, 0.25) is 0 Å². The Morgan fingerprint density at radius 1 is 1.33 bits per heavy atom. The first-order valence-corrected chi connectivity index (χ1v) is 6.33. The normalized spacial score (nSPS) is 26.0. The standard InChI is InChI=1S/C13H21NO4/c1-9(15)10-5-13(17-6-10)7-14(8-13)11(16)18-12(2,3)4/h10H,5-8H2,1-4H3. The largest absolute Gasteiger partial charge is 0.444 e. The van der Waals surface area contributed by atoms with Crippen molar-refractivity contribution in [2.75, 3.05) is 19.7 Å². The van der Waals surface area contributed by atoms with Crippen molar-refractivity contribution in [3.05, 3.63) is 0 Å². The van der Waals surface area contributed by atoms with E-state index >= 15 is 0 Å². The summed E-state index contributed by atoms with van der Waals surface area (Å²) in [4.78, 5) is 24.7. The molecule has 2 saturated heterocycles. The highest BCUT2D eigenvalue weighted by Crippen LogP contribution is 2.38. The van der Waals surface area contributed by atoms with Gasteiger partial charge in [0.25, 0.3) is 0 Å². The predicted octanol–water partition coefficient (Wildman–Crippen LogP) is 1.60. The molecular weight excluding hydrogens is 234 g/mol. The summed E-state index contributed by atoms with van der Waals surface area (Å²) in [7, 11) is 0. The third kappa shape index (κ3) is 2.66. The van der Waals surface area contributed by atoms with Crippen LogP contribution in [0.25, 0.3) is 0 Å². The molecule has 102 valence electrons. The molecule has 0 aromatic rings. The van der Waals surface area contributed by atoms with E-state index in [1.54, 1.807) is 11.8 Å². The number of likely N-dealkylation sites (tertiary alicyclic amines) is 1. The van der Waals surface area contributed by atoms with Crippen LogP contribution in [0.4, 0.5) is 4.79 Å². The summed E-state index contributed by atoms with van der Waals surface area (Å²) >= 11 is 0. The van der Waals surface area contributed by atoms with E-state index in [0.29, 0.717) is 19.7 Å². The van der Waals surface area contributed by atoms with Gasteiger partial charge in [-0.25, -0.2) is 4.79 Å². The molecule has 1 unspecified atom stereocenters. The van der Waals surface area contributed by atoms with Crippen LogP contribution in [-0.4, -0.2) is 47.7 Å². The van der Waals surface area contributed by atoms with Gasteiger partial charge in [0.05, 0.1) is 19.7 Å². The molecule has 0 bridgehead atoms. The van der Waals surface area contributed by atoms with Gasteiger partial charge in [0.1, 0.15) is 17.0 Å². The fourth-order valence-electron chi connectivity index (χ4n) is 2.43. The minimum Gasteiger partial charge on any atom is -0.444 e. The smallest absolute Gasteiger partial charge is 0.410 e. The molecule has 2 rings (SSSR count). The zero-order chi connectivity index (χ0) is 13.6. The lowest BCUT2D eigenvalue weighted by Gasteiger charge is -2.46. The third-order valence-electron chi connectivity index (χ3n) is 3.39. The van der Waals surface area contributed by atoms with Crippen molar-refractivity contribution in [1.29, 1.82) is 0 Å². The molecule has 0 aromatic carbocycles. The predicted molar refractivity (Wildman–Crippen MR) is 65.3 cm³/mol. The average Bonchev–Trinajstić information content (AvgIpc) is 2.56. The van der Waals surface area contributed by atoms with Crippen LogP contribution in [0.2, 0.25) is 0 Å². The summed E-state index contributed by atoms with van der Waals surface area (Å²) in [6, 6.07) is 0. The Hall–Kier alpha value is -1.10. The van der Waals surface area contributed by atoms with E-state index in [4.69, 9.17) is 9.47 Å². The Morgan fingerprint density at radius 2 is 1.94 bits per heavy atom. The number of ketones is 1. The van der Waals surface area contributed by atoms with Crippen molar-refractivity contribution in [3.63, 3.8) is 0 Å². The summed E-state index contributed by atoms with van der Waals surface area (Å²) in [6.07, 6.45) is 0.421. The Balaban J connectivity index is 1.84. The van der Waals surface area contributed by atoms with Crippen LogP contribution in [0.15, 0.2) is 0 Å². The molecule has 0 saturated carbocycles. The fourth-order valence-corrected chi connectivity index (χ4v) is 2.43. The maximum atomic E-state index is 11.8. The van der Waals surface area contributed by atoms with Gasteiger partial charge >= 0.3 is 6.09 Å². The number of ether oxygens (including phenoxy) is 2. The van der Waals surface area contributed by atoms with E-state index in [-0.39, 0.29) is 23.4 Å². The van der Waals surface area contributed by atoms with Crippen LogP contribution in [0.3, 0.4) is 0 Å². The maximum Gasteiger partial charge on any atom is 0.410 e. The molecule has 1 atom stereocenters. The van der Waals surface area contributed by atoms with Gasteiger partial charge in [-0.05, 0) is 34.1 Å². The second-order valence-electron chi connectivity index (χ2n) is 6.34. The van der Waals surface area contributed by atoms with Gasteiger partial charge in [0, 0.05) is 5.92 Å². The molecule has 2 aliphatic heterocycles. The summed E-state index contributed by atoms with van der Waals surface area (Å²) in [5.41, 5.74) is -0.772. The Labute approximate surface area is 107 Å². The fraction of sp³-hybridized carbons (Fsp3) is 0.846. The Morgan fingerprint density at radius 3 is 2.39 bits per heavy atom. The van der Waals surface area contributed by atoms with E-state index in [9.17, 15) is 9.59 Å². The molecule has 0 N–H and O–H groups in total. The Kier molecular flexibility index (Phi) is 3.13. The van der Waals surface area contributed by atoms with Crippen LogP contribution < -0.4 is 0 Å². The maximum absolute atomic E-state index is 11.8. The average molecular weight is 255 g/mol. The molecule has 2 fully saturated rings. The molecular formula is C13H21NO4. The number of Topliss-reactive ketones (excluding diaryl/α,β-unsaturated/α-hetero) is 1. The van der Waals surface area contributed by atoms with Crippen molar-refractivity contribution in [1.82, 2.24) is 4.90 Å². The molecule has 2 aliphatic rings. The van der Waals surface area contributed by atoms with Gasteiger partial charge < -0.3 is 14.4 Å². The highest BCUT2D eigenvalue weighted by atomic mass is 16.6. The zero-order valence-electron chi connectivity index (χ0n) is 11.5. The van der Waals surface area contributed by atoms with E-state index < -0.39 is 5.60 Å². The van der Waals surface area contributed by atoms with Crippen molar-refractivity contribution in [3.8, 4) is 0 Å². The number of hydrogen-bond donors (Lipinski definition) is 0. The number of carbonyl (C=O) groups excluding carboxylic acids is 2. The van der Waals surface area contributed by atoms with Crippen LogP contribution in [0.1, 0.15) is 34.1 Å². The van der Waals surface area contributed by atoms with Gasteiger partial charge in [-0.15, -0.1) is 0 Å². The minimum atomic E-state index is -0.474. The molecule has 5 heteroatoms. The van der Waals surface area contributed by atoms with Gasteiger partial charge in [-0.1, -0.05) is 0 Å². The highest BCUT2D eigenvalue weighted by molar-refractivity contribution is 5.79. The van der Waals surface area contributed by atoms with E-state index in [2.05, 4.69) is 0 Å². The molecule has 0 aromatic heterocycles. The molecule has 0 aliphatic carbocycles. The van der Waals surface area contributed by atoms with Crippen molar-refractivity contribution in [2.45, 2.75) is 45.3 Å². The zero-order valence-corrected chi connectivity index (χ0v) is 11.5. The van der Waals surface area contributed by atoms with Crippen molar-refractivity contribution in [2.24, 2.45) is 5.92 Å². The van der Waals surface area contributed by atoms with Crippen molar-refractivity contribution >= 4 is 11.9 Å². The van der Waals surface area contributed by atoms with E-state index in [1.807, 2.05) is 20.8 Å². The SMILES string of the molecule is CC(=O)C1COC2(C1)CN(C(=O)OC(C)(C)C)C2. The monoisotopic (exact) mass is 255 g/mol. The van der Waals surface area contributed by atoms with Crippen LogP contribution in [0.5, 0.6) is 0 Å². The third-order valence-corrected chi connectivity index (χ3v) is 3.39. The number of rotatable bonds is 1. The number of carbonyl (C=O) groups is 2. The quantitative estimate of drug-likeness (QED) is 0.714. The topological polar surface area (TPSA) is 55.8 Å². The summed E-state index contributed by atoms with van der Waals surface area (Å²) < 4.78 is 11.0. The van der Waals surface area contributed by atoms with Crippen LogP contribution in [0, 0.1) is 5.92 Å². The van der Waals surface area contributed by atoms with Crippen LogP contribution in [-0.2, 0) is 14.3 Å². The molecule has 1 amide bonds. The van der Waals surface area contributed by atoms with E-state index in [1.165, 1.54) is 0 Å². The Bertz CT molecular complexity index is 366. The molecule has 2 heterocycles. The first kappa shape index (κ1) is 13.3. The lowest BCUT2D eigenvalue weighted by molar-refractivity contribution is -0.120. The second kappa shape index (κ2) is 4.23. The van der Waals surface area contributed by atoms with Crippen LogP contribution >= 0.6 is 0 Å². The summed E-state index contributed by atoms with van der Waals surface area (Å²) in [5, 5.41) is 0. The lowest BCUT2D eigenvalue weighted by Crippen LogP contribution is -2.63. The van der Waals surface area contributed by atoms with Gasteiger partial charge in [0.15, 0.2) is 0 Å². The number of amides is 1. The molecule has 5 nitrogen and oxygen atoms in total. The molecule has 0 radical (unpaired) electrons. The van der Waals surface area contributed by atoms with Gasteiger partial charge in [-0.2, -0.15) is 0 Å². The minimum absolute atomic E-state index is 0.00853. The van der Waals surface area contributed by atoms with E-state index in [0.717, 1.165) is 6.42 Å². The number of hydrogen-bond acceptors (Lipinski definition) is 4. The molecule has 18 heavy (non-hydrogen) atoms. The van der Waals surface area contributed by atoms with Gasteiger partial charge in [-0.3, -0.25) is 4.79 Å². The summed E-state index contributed by atoms with van der Waals surface area (Å²) in [5.74, 6) is 0.161. The number of nitrogens with zero attached hydrogens (tertiary/aromatic N) is 1. The first-order chi connectivity index (χ1) is 8.21.